The van der Waals surface area contributed by atoms with E-state index in [1.54, 1.807) is 6.20 Å². The summed E-state index contributed by atoms with van der Waals surface area (Å²) in [7, 11) is 0. The van der Waals surface area contributed by atoms with E-state index < -0.39 is 0 Å². The fraction of sp³-hybridized carbons (Fsp3) is 0.412. The number of aryl methyl sites for hydroxylation is 1. The predicted octanol–water partition coefficient (Wildman–Crippen LogP) is 2.05. The second-order valence-corrected chi connectivity index (χ2v) is 5.58. The highest BCUT2D eigenvalue weighted by molar-refractivity contribution is 5.95. The molecule has 0 bridgehead atoms. The van der Waals surface area contributed by atoms with Crippen molar-refractivity contribution in [2.45, 2.75) is 39.8 Å². The van der Waals surface area contributed by atoms with Crippen molar-refractivity contribution in [2.24, 2.45) is 0 Å². The number of amides is 1. The summed E-state index contributed by atoms with van der Waals surface area (Å²) in [5.74, 6) is -0.0960. The summed E-state index contributed by atoms with van der Waals surface area (Å²) >= 11 is 0. The SMILES string of the molecule is Cc1cc(C(=O)NC(C)CCO)c(C)n1Cc1ccccn1. The van der Waals surface area contributed by atoms with E-state index in [1.807, 2.05) is 45.0 Å². The first-order valence-electron chi connectivity index (χ1n) is 7.51. The molecule has 1 atom stereocenters. The van der Waals surface area contributed by atoms with E-state index in [1.165, 1.54) is 0 Å². The maximum atomic E-state index is 12.3. The van der Waals surface area contributed by atoms with Crippen molar-refractivity contribution in [3.05, 3.63) is 53.1 Å². The quantitative estimate of drug-likeness (QED) is 0.858. The smallest absolute Gasteiger partial charge is 0.253 e. The number of carbonyl (C=O) groups excluding carboxylic acids is 1. The molecule has 118 valence electrons. The summed E-state index contributed by atoms with van der Waals surface area (Å²) in [6.45, 7) is 6.55. The Morgan fingerprint density at radius 1 is 1.41 bits per heavy atom. The standard InChI is InChI=1S/C17H23N3O2/c1-12(7-9-21)19-17(22)16-10-13(2)20(14(16)3)11-15-6-4-5-8-18-15/h4-6,8,10,12,21H,7,9,11H2,1-3H3,(H,19,22). The molecule has 2 heterocycles. The molecule has 0 aromatic carbocycles. The van der Waals surface area contributed by atoms with Gasteiger partial charge >= 0.3 is 0 Å². The number of aliphatic hydroxyl groups is 1. The van der Waals surface area contributed by atoms with Gasteiger partial charge in [0.15, 0.2) is 0 Å². The normalized spacial score (nSPS) is 12.2. The molecule has 0 aliphatic rings. The van der Waals surface area contributed by atoms with Crippen LogP contribution >= 0.6 is 0 Å². The summed E-state index contributed by atoms with van der Waals surface area (Å²) in [4.78, 5) is 16.7. The van der Waals surface area contributed by atoms with E-state index in [2.05, 4.69) is 14.9 Å². The summed E-state index contributed by atoms with van der Waals surface area (Å²) in [5.41, 5.74) is 3.60. The monoisotopic (exact) mass is 301 g/mol. The van der Waals surface area contributed by atoms with E-state index in [4.69, 9.17) is 5.11 Å². The van der Waals surface area contributed by atoms with Crippen molar-refractivity contribution < 1.29 is 9.90 Å². The van der Waals surface area contributed by atoms with Crippen LogP contribution in [0.4, 0.5) is 0 Å². The molecule has 2 N–H and O–H groups in total. The first kappa shape index (κ1) is 16.2. The number of nitrogens with one attached hydrogen (secondary N) is 1. The lowest BCUT2D eigenvalue weighted by atomic mass is 10.2. The minimum Gasteiger partial charge on any atom is -0.396 e. The fourth-order valence-electron chi connectivity index (χ4n) is 2.50. The lowest BCUT2D eigenvalue weighted by molar-refractivity contribution is 0.0933. The fourth-order valence-corrected chi connectivity index (χ4v) is 2.50. The summed E-state index contributed by atoms with van der Waals surface area (Å²) in [5, 5.41) is 11.8. The topological polar surface area (TPSA) is 67.2 Å². The highest BCUT2D eigenvalue weighted by atomic mass is 16.3. The molecule has 2 rings (SSSR count). The van der Waals surface area contributed by atoms with Gasteiger partial charge in [0.1, 0.15) is 0 Å². The molecule has 0 fully saturated rings. The lowest BCUT2D eigenvalue weighted by Crippen LogP contribution is -2.33. The van der Waals surface area contributed by atoms with Crippen molar-refractivity contribution in [3.63, 3.8) is 0 Å². The van der Waals surface area contributed by atoms with Crippen molar-refractivity contribution in [3.8, 4) is 0 Å². The zero-order valence-corrected chi connectivity index (χ0v) is 13.3. The van der Waals surface area contributed by atoms with Crippen LogP contribution in [0.2, 0.25) is 0 Å². The van der Waals surface area contributed by atoms with Crippen LogP contribution in [0.15, 0.2) is 30.5 Å². The Bertz CT molecular complexity index is 635. The molecule has 0 radical (unpaired) electrons. The number of nitrogens with zero attached hydrogens (tertiary/aromatic N) is 2. The van der Waals surface area contributed by atoms with Gasteiger partial charge in [0.25, 0.3) is 5.91 Å². The van der Waals surface area contributed by atoms with Crippen LogP contribution in [-0.2, 0) is 6.54 Å². The van der Waals surface area contributed by atoms with Gasteiger partial charge in [-0.15, -0.1) is 0 Å². The van der Waals surface area contributed by atoms with Gasteiger partial charge in [-0.1, -0.05) is 6.07 Å². The molecular formula is C17H23N3O2. The van der Waals surface area contributed by atoms with Gasteiger partial charge < -0.3 is 15.0 Å². The van der Waals surface area contributed by atoms with E-state index >= 15 is 0 Å². The third kappa shape index (κ3) is 3.74. The third-order valence-corrected chi connectivity index (χ3v) is 3.80. The predicted molar refractivity (Wildman–Crippen MR) is 85.9 cm³/mol. The van der Waals surface area contributed by atoms with Crippen LogP contribution in [0.3, 0.4) is 0 Å². The molecule has 2 aromatic rings. The number of rotatable bonds is 6. The van der Waals surface area contributed by atoms with Crippen molar-refractivity contribution in [1.82, 2.24) is 14.9 Å². The molecule has 1 amide bonds. The minimum absolute atomic E-state index is 0.0450. The summed E-state index contributed by atoms with van der Waals surface area (Å²) in [6, 6.07) is 7.68. The number of carbonyl (C=O) groups is 1. The molecule has 2 aromatic heterocycles. The number of aliphatic hydroxyl groups excluding tert-OH is 1. The van der Waals surface area contributed by atoms with Crippen molar-refractivity contribution in [2.75, 3.05) is 6.61 Å². The van der Waals surface area contributed by atoms with E-state index in [0.29, 0.717) is 18.5 Å². The highest BCUT2D eigenvalue weighted by Gasteiger charge is 2.17. The average molecular weight is 301 g/mol. The van der Waals surface area contributed by atoms with E-state index in [-0.39, 0.29) is 18.6 Å². The molecule has 0 spiro atoms. The van der Waals surface area contributed by atoms with Gasteiger partial charge in [0.05, 0.1) is 17.8 Å². The molecule has 0 saturated carbocycles. The molecule has 0 aliphatic heterocycles. The van der Waals surface area contributed by atoms with Gasteiger partial charge in [-0.3, -0.25) is 9.78 Å². The van der Waals surface area contributed by atoms with E-state index in [0.717, 1.165) is 17.1 Å². The summed E-state index contributed by atoms with van der Waals surface area (Å²) in [6.07, 6.45) is 2.33. The van der Waals surface area contributed by atoms with Crippen molar-refractivity contribution >= 4 is 5.91 Å². The second kappa shape index (κ2) is 7.22. The maximum absolute atomic E-state index is 12.3. The van der Waals surface area contributed by atoms with Crippen LogP contribution in [0.5, 0.6) is 0 Å². The van der Waals surface area contributed by atoms with E-state index in [9.17, 15) is 4.79 Å². The Balaban J connectivity index is 2.18. The first-order chi connectivity index (χ1) is 10.5. The molecule has 22 heavy (non-hydrogen) atoms. The third-order valence-electron chi connectivity index (χ3n) is 3.80. The molecule has 1 unspecified atom stereocenters. The van der Waals surface area contributed by atoms with Crippen LogP contribution in [0.1, 0.15) is 40.8 Å². The Morgan fingerprint density at radius 2 is 2.18 bits per heavy atom. The zero-order chi connectivity index (χ0) is 16.1. The molecule has 5 nitrogen and oxygen atoms in total. The Morgan fingerprint density at radius 3 is 2.82 bits per heavy atom. The van der Waals surface area contributed by atoms with Crippen LogP contribution in [0, 0.1) is 13.8 Å². The van der Waals surface area contributed by atoms with Gasteiger partial charge in [-0.05, 0) is 45.4 Å². The van der Waals surface area contributed by atoms with Gasteiger partial charge in [0.2, 0.25) is 0 Å². The molecular weight excluding hydrogens is 278 g/mol. The van der Waals surface area contributed by atoms with Crippen LogP contribution in [-0.4, -0.2) is 33.2 Å². The van der Waals surface area contributed by atoms with Gasteiger partial charge in [0, 0.05) is 30.2 Å². The number of hydrogen-bond acceptors (Lipinski definition) is 3. The van der Waals surface area contributed by atoms with Crippen LogP contribution < -0.4 is 5.32 Å². The Hall–Kier alpha value is -2.14. The number of hydrogen-bond donors (Lipinski definition) is 2. The lowest BCUT2D eigenvalue weighted by Gasteiger charge is -2.13. The van der Waals surface area contributed by atoms with Crippen LogP contribution in [0.25, 0.3) is 0 Å². The average Bonchev–Trinajstić information content (AvgIpc) is 2.77. The second-order valence-electron chi connectivity index (χ2n) is 5.58. The molecule has 0 saturated heterocycles. The maximum Gasteiger partial charge on any atom is 0.253 e. The Labute approximate surface area is 131 Å². The number of pyridine rings is 1. The van der Waals surface area contributed by atoms with Gasteiger partial charge in [-0.2, -0.15) is 0 Å². The summed E-state index contributed by atoms with van der Waals surface area (Å²) < 4.78 is 2.09. The molecule has 5 heteroatoms. The Kier molecular flexibility index (Phi) is 5.33. The zero-order valence-electron chi connectivity index (χ0n) is 13.3. The highest BCUT2D eigenvalue weighted by Crippen LogP contribution is 2.17. The largest absolute Gasteiger partial charge is 0.396 e. The number of aromatic nitrogens is 2. The molecule has 0 aliphatic carbocycles. The van der Waals surface area contributed by atoms with Gasteiger partial charge in [-0.25, -0.2) is 0 Å². The minimum atomic E-state index is -0.0960. The first-order valence-corrected chi connectivity index (χ1v) is 7.51. The van der Waals surface area contributed by atoms with Crippen molar-refractivity contribution in [1.29, 1.82) is 0 Å².